The summed E-state index contributed by atoms with van der Waals surface area (Å²) in [5, 5.41) is 3.02. The van der Waals surface area contributed by atoms with E-state index in [0.29, 0.717) is 5.88 Å². The van der Waals surface area contributed by atoms with Crippen molar-refractivity contribution in [1.29, 1.82) is 0 Å². The van der Waals surface area contributed by atoms with Gasteiger partial charge in [-0.15, -0.1) is 0 Å². The summed E-state index contributed by atoms with van der Waals surface area (Å²) in [5.41, 5.74) is 0. The van der Waals surface area contributed by atoms with Crippen molar-refractivity contribution in [1.82, 2.24) is 9.97 Å². The van der Waals surface area contributed by atoms with Crippen LogP contribution in [0.15, 0.2) is 6.07 Å². The van der Waals surface area contributed by atoms with Gasteiger partial charge in [0, 0.05) is 19.5 Å². The molecule has 0 radical (unpaired) electrons. The Morgan fingerprint density at radius 2 is 2.12 bits per heavy atom. The molecule has 1 heterocycles. The maximum Gasteiger partial charge on any atom is 0.218 e. The van der Waals surface area contributed by atoms with Gasteiger partial charge >= 0.3 is 0 Å². The molecule has 1 aromatic heterocycles. The van der Waals surface area contributed by atoms with Crippen LogP contribution in [0.5, 0.6) is 5.88 Å². The first-order valence-corrected chi connectivity index (χ1v) is 6.34. The third kappa shape index (κ3) is 5.02. The highest BCUT2D eigenvalue weighted by Gasteiger charge is 2.03. The van der Waals surface area contributed by atoms with Gasteiger partial charge in [0.2, 0.25) is 5.88 Å². The molecule has 4 nitrogen and oxygen atoms in total. The highest BCUT2D eigenvalue weighted by Crippen LogP contribution is 2.14. The van der Waals surface area contributed by atoms with E-state index in [4.69, 9.17) is 4.74 Å². The van der Waals surface area contributed by atoms with Crippen LogP contribution >= 0.6 is 0 Å². The minimum absolute atomic E-state index is 0.671. The molecule has 0 amide bonds. The molecule has 0 spiro atoms. The summed E-state index contributed by atoms with van der Waals surface area (Å²) in [6.45, 7) is 7.21. The molecule has 17 heavy (non-hydrogen) atoms. The van der Waals surface area contributed by atoms with Crippen LogP contribution in [-0.2, 0) is 6.42 Å². The average molecular weight is 237 g/mol. The molecule has 1 aromatic rings. The summed E-state index contributed by atoms with van der Waals surface area (Å²) in [4.78, 5) is 8.67. The number of nitrogens with one attached hydrogen (secondary N) is 1. The summed E-state index contributed by atoms with van der Waals surface area (Å²) < 4.78 is 5.65. The quantitative estimate of drug-likeness (QED) is 0.741. The molecule has 96 valence electrons. The summed E-state index contributed by atoms with van der Waals surface area (Å²) in [6.07, 6.45) is 3.07. The normalized spacial score (nSPS) is 10.6. The second-order valence-electron chi connectivity index (χ2n) is 4.50. The van der Waals surface area contributed by atoms with Gasteiger partial charge in [0.1, 0.15) is 11.6 Å². The van der Waals surface area contributed by atoms with Gasteiger partial charge in [-0.1, -0.05) is 20.8 Å². The molecule has 0 aliphatic carbocycles. The molecule has 0 fully saturated rings. The number of ether oxygens (including phenoxy) is 1. The highest BCUT2D eigenvalue weighted by molar-refractivity contribution is 5.37. The van der Waals surface area contributed by atoms with E-state index >= 15 is 0 Å². The van der Waals surface area contributed by atoms with Crippen LogP contribution in [0.2, 0.25) is 0 Å². The topological polar surface area (TPSA) is 47.0 Å². The number of hydrogen-bond donors (Lipinski definition) is 1. The Morgan fingerprint density at radius 1 is 1.35 bits per heavy atom. The van der Waals surface area contributed by atoms with E-state index in [0.717, 1.165) is 37.0 Å². The SMILES string of the molecule is CCc1nc(NC)cc(OCCCC(C)C)n1. The van der Waals surface area contributed by atoms with E-state index in [1.165, 1.54) is 6.42 Å². The van der Waals surface area contributed by atoms with E-state index in [9.17, 15) is 0 Å². The minimum atomic E-state index is 0.671. The molecule has 0 aliphatic heterocycles. The number of aryl methyl sites for hydroxylation is 1. The van der Waals surface area contributed by atoms with Crippen molar-refractivity contribution >= 4 is 5.82 Å². The number of hydrogen-bond acceptors (Lipinski definition) is 4. The first kappa shape index (κ1) is 13.7. The molecule has 4 heteroatoms. The van der Waals surface area contributed by atoms with Gasteiger partial charge in [0.15, 0.2) is 0 Å². The van der Waals surface area contributed by atoms with Crippen LogP contribution in [0.3, 0.4) is 0 Å². The summed E-state index contributed by atoms with van der Waals surface area (Å²) in [7, 11) is 1.85. The Hall–Kier alpha value is -1.32. The predicted octanol–water partition coefficient (Wildman–Crippen LogP) is 2.90. The second kappa shape index (κ2) is 7.09. The number of nitrogens with zero attached hydrogens (tertiary/aromatic N) is 2. The lowest BCUT2D eigenvalue weighted by molar-refractivity contribution is 0.286. The van der Waals surface area contributed by atoms with Crippen LogP contribution in [0.25, 0.3) is 0 Å². The van der Waals surface area contributed by atoms with Gasteiger partial charge in [0.05, 0.1) is 6.61 Å². The molecule has 1 N–H and O–H groups in total. The Labute approximate surface area is 104 Å². The van der Waals surface area contributed by atoms with Crippen LogP contribution in [0.1, 0.15) is 39.4 Å². The van der Waals surface area contributed by atoms with Crippen LogP contribution in [0, 0.1) is 5.92 Å². The highest BCUT2D eigenvalue weighted by atomic mass is 16.5. The third-order valence-corrected chi connectivity index (χ3v) is 2.50. The van der Waals surface area contributed by atoms with Crippen molar-refractivity contribution in [2.24, 2.45) is 5.92 Å². The smallest absolute Gasteiger partial charge is 0.218 e. The number of rotatable bonds is 7. The molecule has 0 saturated carbocycles. The van der Waals surface area contributed by atoms with Crippen LogP contribution < -0.4 is 10.1 Å². The average Bonchev–Trinajstić information content (AvgIpc) is 2.34. The molecule has 0 unspecified atom stereocenters. The van der Waals surface area contributed by atoms with Gasteiger partial charge in [-0.25, -0.2) is 4.98 Å². The Bertz CT molecular complexity index is 317. The van der Waals surface area contributed by atoms with Gasteiger partial charge in [-0.05, 0) is 18.8 Å². The Morgan fingerprint density at radius 3 is 2.71 bits per heavy atom. The van der Waals surface area contributed by atoms with Crippen molar-refractivity contribution in [3.8, 4) is 5.88 Å². The Balaban J connectivity index is 2.51. The van der Waals surface area contributed by atoms with Crippen molar-refractivity contribution in [2.45, 2.75) is 40.0 Å². The summed E-state index contributed by atoms with van der Waals surface area (Å²) in [5.74, 6) is 3.03. The van der Waals surface area contributed by atoms with Crippen molar-refractivity contribution < 1.29 is 4.74 Å². The first-order valence-electron chi connectivity index (χ1n) is 6.34. The first-order chi connectivity index (χ1) is 8.15. The van der Waals surface area contributed by atoms with Crippen molar-refractivity contribution in [2.75, 3.05) is 19.0 Å². The molecule has 0 atom stereocenters. The predicted molar refractivity (Wildman–Crippen MR) is 70.5 cm³/mol. The van der Waals surface area contributed by atoms with Crippen LogP contribution in [-0.4, -0.2) is 23.6 Å². The zero-order valence-electron chi connectivity index (χ0n) is 11.3. The van der Waals surface area contributed by atoms with Crippen molar-refractivity contribution in [3.05, 3.63) is 11.9 Å². The molecule has 0 aromatic carbocycles. The second-order valence-corrected chi connectivity index (χ2v) is 4.50. The molecular weight excluding hydrogens is 214 g/mol. The fourth-order valence-electron chi connectivity index (χ4n) is 1.50. The number of anilines is 1. The fourth-order valence-corrected chi connectivity index (χ4v) is 1.50. The zero-order valence-corrected chi connectivity index (χ0v) is 11.3. The van der Waals surface area contributed by atoms with Gasteiger partial charge < -0.3 is 10.1 Å². The maximum atomic E-state index is 5.65. The fraction of sp³-hybridized carbons (Fsp3) is 0.692. The molecule has 0 saturated heterocycles. The summed E-state index contributed by atoms with van der Waals surface area (Å²) in [6, 6.07) is 1.84. The van der Waals surface area contributed by atoms with E-state index in [2.05, 4.69) is 29.1 Å². The van der Waals surface area contributed by atoms with E-state index in [1.54, 1.807) is 0 Å². The zero-order chi connectivity index (χ0) is 12.7. The lowest BCUT2D eigenvalue weighted by Gasteiger charge is -2.09. The van der Waals surface area contributed by atoms with Gasteiger partial charge in [-0.2, -0.15) is 4.98 Å². The molecular formula is C13H23N3O. The lowest BCUT2D eigenvalue weighted by Crippen LogP contribution is -2.05. The van der Waals surface area contributed by atoms with Gasteiger partial charge in [0.25, 0.3) is 0 Å². The van der Waals surface area contributed by atoms with Gasteiger partial charge in [-0.3, -0.25) is 0 Å². The Kier molecular flexibility index (Phi) is 5.73. The maximum absolute atomic E-state index is 5.65. The van der Waals surface area contributed by atoms with Crippen LogP contribution in [0.4, 0.5) is 5.82 Å². The lowest BCUT2D eigenvalue weighted by atomic mass is 10.1. The monoisotopic (exact) mass is 237 g/mol. The standard InChI is InChI=1S/C13H23N3O/c1-5-11-15-12(14-4)9-13(16-11)17-8-6-7-10(2)3/h9-10H,5-8H2,1-4H3,(H,14,15,16). The molecule has 0 aliphatic rings. The largest absolute Gasteiger partial charge is 0.478 e. The minimum Gasteiger partial charge on any atom is -0.478 e. The van der Waals surface area contributed by atoms with Crippen molar-refractivity contribution in [3.63, 3.8) is 0 Å². The molecule has 0 bridgehead atoms. The number of aromatic nitrogens is 2. The van der Waals surface area contributed by atoms with E-state index in [-0.39, 0.29) is 0 Å². The summed E-state index contributed by atoms with van der Waals surface area (Å²) >= 11 is 0. The van der Waals surface area contributed by atoms with E-state index in [1.807, 2.05) is 20.0 Å². The third-order valence-electron chi connectivity index (χ3n) is 2.50. The molecule has 1 rings (SSSR count). The van der Waals surface area contributed by atoms with E-state index < -0.39 is 0 Å².